The van der Waals surface area contributed by atoms with Gasteiger partial charge in [-0.1, -0.05) is 146 Å². The van der Waals surface area contributed by atoms with Crippen molar-refractivity contribution in [3.8, 4) is 0 Å². The van der Waals surface area contributed by atoms with E-state index in [1.165, 1.54) is 65.7 Å². The normalized spacial score (nSPS) is 19.2. The Kier molecular flexibility index (Phi) is 5.73. The van der Waals surface area contributed by atoms with Gasteiger partial charge in [-0.15, -0.1) is 0 Å². The molecule has 4 aliphatic rings. The molecule has 3 aliphatic heterocycles. The third-order valence-electron chi connectivity index (χ3n) is 11.8. The van der Waals surface area contributed by atoms with Crippen LogP contribution in [0, 0.1) is 0 Å². The number of hydrogen-bond acceptors (Lipinski definition) is 3. The van der Waals surface area contributed by atoms with E-state index < -0.39 is 0 Å². The molecule has 0 amide bonds. The minimum absolute atomic E-state index is 0.0885. The fourth-order valence-corrected chi connectivity index (χ4v) is 9.58. The van der Waals surface area contributed by atoms with Crippen LogP contribution in [0.25, 0.3) is 32.3 Å². The van der Waals surface area contributed by atoms with E-state index in [0.717, 1.165) is 34.2 Å². The van der Waals surface area contributed by atoms with Gasteiger partial charge in [-0.25, -0.2) is 0 Å². The maximum atomic E-state index is 5.78. The topological polar surface area (TPSA) is 38.7 Å². The van der Waals surface area contributed by atoms with Crippen molar-refractivity contribution in [2.75, 3.05) is 0 Å². The van der Waals surface area contributed by atoms with Gasteiger partial charge in [-0.2, -0.15) is 0 Å². The van der Waals surface area contributed by atoms with Gasteiger partial charge in [0.15, 0.2) is 0 Å². The van der Waals surface area contributed by atoms with Crippen LogP contribution in [0.4, 0.5) is 0 Å². The largest absolute Gasteiger partial charge is 0.255 e. The summed E-state index contributed by atoms with van der Waals surface area (Å²) >= 11 is 0. The highest BCUT2D eigenvalue weighted by atomic mass is 14.8. The highest BCUT2D eigenvalue weighted by Crippen LogP contribution is 2.47. The summed E-state index contributed by atoms with van der Waals surface area (Å²) < 4.78 is 0. The van der Waals surface area contributed by atoms with Crippen molar-refractivity contribution >= 4 is 32.3 Å². The van der Waals surface area contributed by atoms with Gasteiger partial charge >= 0.3 is 0 Å². The number of benzene rings is 6. The van der Waals surface area contributed by atoms with Crippen LogP contribution in [-0.4, -0.2) is 15.0 Å². The molecule has 0 fully saturated rings. The van der Waals surface area contributed by atoms with Crippen LogP contribution in [0.15, 0.2) is 164 Å². The first-order valence-electron chi connectivity index (χ1n) is 18.2. The molecule has 13 rings (SSSR count). The summed E-state index contributed by atoms with van der Waals surface area (Å²) in [6, 6.07) is 61.0. The van der Waals surface area contributed by atoms with Crippen molar-refractivity contribution in [2.24, 2.45) is 0 Å². The summed E-state index contributed by atoms with van der Waals surface area (Å²) in [5.41, 5.74) is 13.5. The fraction of sp³-hybridized carbons (Fsp3) is 0.0816. The molecule has 6 aromatic carbocycles. The Morgan fingerprint density at radius 2 is 0.558 bits per heavy atom. The molecule has 3 nitrogen and oxygen atoms in total. The minimum Gasteiger partial charge on any atom is -0.255 e. The highest BCUT2D eigenvalue weighted by molar-refractivity contribution is 5.90. The Morgan fingerprint density at radius 1 is 0.269 bits per heavy atom. The van der Waals surface area contributed by atoms with E-state index in [2.05, 4.69) is 164 Å². The summed E-state index contributed by atoms with van der Waals surface area (Å²) in [6.45, 7) is 0. The van der Waals surface area contributed by atoms with Crippen LogP contribution in [0.3, 0.4) is 0 Å². The standard InChI is InChI=1S/C49H31N3/c1-4-19-37-28(10-1)25-40-46-41-26-29-11-2-5-20-38(29)48(51-41)44-33-15-7-13-31(22-33)43(47(37)50-40)32-14-8-16-34(23-32)45(36-18-9-17-35(44)24-36)49-39-21-6-3-12-30(39)27-42(46)52-49/h1-27,43-46H. The van der Waals surface area contributed by atoms with Gasteiger partial charge in [0, 0.05) is 16.2 Å². The number of aromatic nitrogens is 3. The van der Waals surface area contributed by atoms with E-state index in [-0.39, 0.29) is 23.7 Å². The second kappa shape index (κ2) is 10.5. The number of hydrogen-bond donors (Lipinski definition) is 0. The molecule has 0 saturated heterocycles. The molecule has 242 valence electrons. The van der Waals surface area contributed by atoms with Crippen LogP contribution in [-0.2, 0) is 0 Å². The Bertz CT molecular complexity index is 2580. The highest BCUT2D eigenvalue weighted by Gasteiger charge is 2.34. The molecule has 0 spiro atoms. The Labute approximate surface area is 301 Å². The van der Waals surface area contributed by atoms with Crippen LogP contribution in [0.2, 0.25) is 0 Å². The predicted molar refractivity (Wildman–Crippen MR) is 208 cm³/mol. The average Bonchev–Trinajstić information content (AvgIpc) is 3.18. The van der Waals surface area contributed by atoms with Crippen LogP contribution < -0.4 is 0 Å². The number of nitrogens with zero attached hydrogens (tertiary/aromatic N) is 3. The summed E-state index contributed by atoms with van der Waals surface area (Å²) in [5.74, 6) is -0.566. The lowest BCUT2D eigenvalue weighted by molar-refractivity contribution is 0.775. The fourth-order valence-electron chi connectivity index (χ4n) is 9.58. The zero-order chi connectivity index (χ0) is 33.9. The molecule has 0 radical (unpaired) electrons. The smallest absolute Gasteiger partial charge is 0.0858 e. The van der Waals surface area contributed by atoms with Gasteiger partial charge in [0.1, 0.15) is 0 Å². The quantitative estimate of drug-likeness (QED) is 0.162. The first kappa shape index (κ1) is 28.3. The van der Waals surface area contributed by atoms with Crippen molar-refractivity contribution in [3.05, 3.63) is 231 Å². The van der Waals surface area contributed by atoms with E-state index >= 15 is 0 Å². The minimum atomic E-state index is -0.301. The molecule has 6 heterocycles. The van der Waals surface area contributed by atoms with Crippen molar-refractivity contribution in [1.82, 2.24) is 15.0 Å². The first-order valence-corrected chi connectivity index (χ1v) is 18.2. The van der Waals surface area contributed by atoms with Crippen LogP contribution >= 0.6 is 0 Å². The molecule has 0 saturated carbocycles. The molecular weight excluding hydrogens is 631 g/mol. The van der Waals surface area contributed by atoms with Crippen molar-refractivity contribution < 1.29 is 0 Å². The number of fused-ring (bicyclic) bond motifs is 3. The van der Waals surface area contributed by atoms with Gasteiger partial charge < -0.3 is 0 Å². The lowest BCUT2D eigenvalue weighted by atomic mass is 9.76. The van der Waals surface area contributed by atoms with Crippen molar-refractivity contribution in [2.45, 2.75) is 23.7 Å². The third kappa shape index (κ3) is 3.99. The van der Waals surface area contributed by atoms with Crippen LogP contribution in [0.1, 0.15) is 91.2 Å². The maximum Gasteiger partial charge on any atom is 0.0858 e. The summed E-state index contributed by atoms with van der Waals surface area (Å²) in [4.78, 5) is 17.3. The SMILES string of the molecule is c1cc2cc(c1)C1c3cccc(c3)C3c4cccc(c4)C2c2nc(cc4ccccc24)C(c2cc4ccccc4c1n2)c1cc2ccccc2c3n1. The van der Waals surface area contributed by atoms with E-state index in [1.54, 1.807) is 0 Å². The lowest BCUT2D eigenvalue weighted by Gasteiger charge is -2.31. The van der Waals surface area contributed by atoms with Gasteiger partial charge in [0.05, 0.1) is 57.8 Å². The summed E-state index contributed by atoms with van der Waals surface area (Å²) in [6.07, 6.45) is 0. The third-order valence-corrected chi connectivity index (χ3v) is 11.8. The molecule has 0 unspecified atom stereocenters. The van der Waals surface area contributed by atoms with Crippen molar-refractivity contribution in [1.29, 1.82) is 0 Å². The molecule has 3 heteroatoms. The number of rotatable bonds is 0. The van der Waals surface area contributed by atoms with E-state index in [9.17, 15) is 0 Å². The summed E-state index contributed by atoms with van der Waals surface area (Å²) in [5, 5.41) is 7.03. The molecule has 0 atom stereocenters. The van der Waals surface area contributed by atoms with E-state index in [0.29, 0.717) is 0 Å². The summed E-state index contributed by atoms with van der Waals surface area (Å²) in [7, 11) is 0. The molecule has 3 aromatic heterocycles. The second-order valence-electron chi connectivity index (χ2n) is 14.7. The average molecular weight is 662 g/mol. The Balaban J connectivity index is 1.39. The zero-order valence-electron chi connectivity index (χ0n) is 28.2. The number of pyridine rings is 3. The molecule has 16 bridgehead atoms. The van der Waals surface area contributed by atoms with E-state index in [1.807, 2.05) is 0 Å². The molecule has 9 aromatic rings. The molecular formula is C49H31N3. The van der Waals surface area contributed by atoms with Gasteiger partial charge in [-0.05, 0) is 67.7 Å². The van der Waals surface area contributed by atoms with Gasteiger partial charge in [-0.3, -0.25) is 15.0 Å². The lowest BCUT2D eigenvalue weighted by Crippen LogP contribution is -2.20. The van der Waals surface area contributed by atoms with Crippen molar-refractivity contribution in [3.63, 3.8) is 0 Å². The van der Waals surface area contributed by atoms with Gasteiger partial charge in [0.2, 0.25) is 0 Å². The Hall–Kier alpha value is -6.45. The first-order chi connectivity index (χ1) is 25.7. The predicted octanol–water partition coefficient (Wildman–Crippen LogP) is 11.0. The molecule has 1 aliphatic carbocycles. The maximum absolute atomic E-state index is 5.78. The monoisotopic (exact) mass is 661 g/mol. The van der Waals surface area contributed by atoms with E-state index in [4.69, 9.17) is 15.0 Å². The second-order valence-corrected chi connectivity index (χ2v) is 14.7. The zero-order valence-corrected chi connectivity index (χ0v) is 28.2. The van der Waals surface area contributed by atoms with Gasteiger partial charge in [0.25, 0.3) is 0 Å². The Morgan fingerprint density at radius 3 is 0.865 bits per heavy atom. The molecule has 52 heavy (non-hydrogen) atoms. The van der Waals surface area contributed by atoms with Crippen LogP contribution in [0.5, 0.6) is 0 Å². The molecule has 0 N–H and O–H groups in total.